The second kappa shape index (κ2) is 29.5. The Morgan fingerprint density at radius 1 is 0.674 bits per heavy atom. The molecule has 1 aliphatic heterocycles. The summed E-state index contributed by atoms with van der Waals surface area (Å²) in [6.07, 6.45) is 40.2. The van der Waals surface area contributed by atoms with Gasteiger partial charge in [-0.2, -0.15) is 0 Å². The number of hydrogen-bond acceptors (Lipinski definition) is 4. The molecule has 0 saturated carbocycles. The highest BCUT2D eigenvalue weighted by atomic mass is 16.7. The van der Waals surface area contributed by atoms with Crippen LogP contribution in [0, 0.1) is 0 Å². The molecule has 1 aliphatic rings. The summed E-state index contributed by atoms with van der Waals surface area (Å²) < 4.78 is 0.263. The summed E-state index contributed by atoms with van der Waals surface area (Å²) in [5.41, 5.74) is 5.98. The number of rotatable bonds is 32. The zero-order valence-corrected chi connectivity index (χ0v) is 29.1. The number of carbonyl (C=O) groups is 1. The Bertz CT molecular complexity index is 693. The molecule has 0 aliphatic carbocycles. The van der Waals surface area contributed by atoms with Crippen LogP contribution in [-0.4, -0.2) is 42.6 Å². The number of amidine groups is 1. The first kappa shape index (κ1) is 39.8. The number of aliphatic imine (C=N–C) groups is 1. The summed E-state index contributed by atoms with van der Waals surface area (Å²) in [5, 5.41) is 0. The molecule has 0 amide bonds. The van der Waals surface area contributed by atoms with E-state index in [0.29, 0.717) is 19.5 Å². The quantitative estimate of drug-likeness (QED) is 0.0472. The van der Waals surface area contributed by atoms with Crippen molar-refractivity contribution in [1.82, 2.24) is 0 Å². The maximum absolute atomic E-state index is 12.8. The van der Waals surface area contributed by atoms with Crippen LogP contribution in [-0.2, 0) is 9.63 Å². The van der Waals surface area contributed by atoms with Crippen LogP contribution < -0.4 is 5.73 Å². The summed E-state index contributed by atoms with van der Waals surface area (Å²) in [4.78, 5) is 23.7. The highest BCUT2D eigenvalue weighted by Gasteiger charge is 2.42. The zero-order chi connectivity index (χ0) is 31.1. The van der Waals surface area contributed by atoms with E-state index in [1.165, 1.54) is 148 Å². The lowest BCUT2D eigenvalue weighted by molar-refractivity contribution is -1.01. The van der Waals surface area contributed by atoms with Gasteiger partial charge in [0.2, 0.25) is 5.84 Å². The molecule has 0 saturated heterocycles. The Labute approximate surface area is 268 Å². The molecule has 5 heteroatoms. The van der Waals surface area contributed by atoms with Gasteiger partial charge in [-0.3, -0.25) is 4.84 Å². The van der Waals surface area contributed by atoms with E-state index in [2.05, 4.69) is 26.0 Å². The van der Waals surface area contributed by atoms with E-state index in [0.717, 1.165) is 44.6 Å². The third-order valence-corrected chi connectivity index (χ3v) is 9.14. The number of nitrogens with two attached hydrogens (primary N) is 1. The average Bonchev–Trinajstić information content (AvgIpc) is 3.38. The van der Waals surface area contributed by atoms with Crippen LogP contribution in [0.3, 0.4) is 0 Å². The summed E-state index contributed by atoms with van der Waals surface area (Å²) in [6.45, 7) is 7.22. The summed E-state index contributed by atoms with van der Waals surface area (Å²) >= 11 is 0. The molecule has 2 N–H and O–H groups in total. The number of carbonyl (C=O) groups excluding carboxylic acids is 1. The minimum absolute atomic E-state index is 0.0777. The predicted octanol–water partition coefficient (Wildman–Crippen LogP) is 11.2. The molecular weight excluding hydrogens is 530 g/mol. The first-order valence-electron chi connectivity index (χ1n) is 19.2. The van der Waals surface area contributed by atoms with Crippen LogP contribution in [0.1, 0.15) is 194 Å². The Hall–Kier alpha value is -1.20. The van der Waals surface area contributed by atoms with Gasteiger partial charge in [-0.05, 0) is 38.5 Å². The Morgan fingerprint density at radius 2 is 1.12 bits per heavy atom. The fourth-order valence-corrected chi connectivity index (χ4v) is 6.36. The topological polar surface area (TPSA) is 64.7 Å². The molecule has 1 atom stereocenters. The number of quaternary nitrogens is 1. The number of allylic oxidation sites excluding steroid dienone is 2. The molecule has 1 heterocycles. The highest BCUT2D eigenvalue weighted by Crippen LogP contribution is 2.22. The minimum atomic E-state index is -0.0777. The fourth-order valence-electron chi connectivity index (χ4n) is 6.36. The standard InChI is InChI=1S/C38H74N3O2/c1-3-5-7-9-11-13-15-17-18-20-22-24-26-28-30-32-38(42)43-41(35-33-39)36-34-40-37(41)31-29-27-25-23-21-19-16-14-12-10-8-6-4-2/h17-18H,3-16,19-36,39H2,1-2H3/q+1/b18-17-. The van der Waals surface area contributed by atoms with Crippen LogP contribution in [0.4, 0.5) is 0 Å². The van der Waals surface area contributed by atoms with Gasteiger partial charge in [0.1, 0.15) is 13.1 Å². The van der Waals surface area contributed by atoms with Crippen LogP contribution in [0.5, 0.6) is 0 Å². The third kappa shape index (κ3) is 22.0. The van der Waals surface area contributed by atoms with Crippen molar-refractivity contribution in [2.24, 2.45) is 10.7 Å². The summed E-state index contributed by atoms with van der Waals surface area (Å²) in [5.74, 6) is 0.970. The van der Waals surface area contributed by atoms with Crippen LogP contribution in [0.15, 0.2) is 17.1 Å². The van der Waals surface area contributed by atoms with Crippen molar-refractivity contribution in [2.75, 3.05) is 26.2 Å². The largest absolute Gasteiger partial charge is 0.367 e. The maximum Gasteiger partial charge on any atom is 0.367 e. The van der Waals surface area contributed by atoms with Gasteiger partial charge in [-0.25, -0.2) is 9.79 Å². The van der Waals surface area contributed by atoms with Crippen molar-refractivity contribution in [3.63, 3.8) is 0 Å². The molecule has 0 spiro atoms. The van der Waals surface area contributed by atoms with Crippen LogP contribution >= 0.6 is 0 Å². The van der Waals surface area contributed by atoms with Gasteiger partial charge >= 0.3 is 5.97 Å². The van der Waals surface area contributed by atoms with E-state index in [4.69, 9.17) is 15.6 Å². The third-order valence-electron chi connectivity index (χ3n) is 9.14. The van der Waals surface area contributed by atoms with Gasteiger partial charge in [0.05, 0.1) is 13.0 Å². The van der Waals surface area contributed by atoms with Gasteiger partial charge in [0.15, 0.2) is 0 Å². The van der Waals surface area contributed by atoms with E-state index in [-0.39, 0.29) is 10.6 Å². The van der Waals surface area contributed by atoms with Gasteiger partial charge in [-0.15, -0.1) is 0 Å². The molecule has 252 valence electrons. The van der Waals surface area contributed by atoms with E-state index in [1.807, 2.05) is 0 Å². The van der Waals surface area contributed by atoms with Gasteiger partial charge < -0.3 is 5.73 Å². The van der Waals surface area contributed by atoms with E-state index in [1.54, 1.807) is 0 Å². The molecule has 0 aromatic carbocycles. The molecule has 0 aromatic heterocycles. The number of hydrogen-bond donors (Lipinski definition) is 1. The summed E-state index contributed by atoms with van der Waals surface area (Å²) in [6, 6.07) is 0. The van der Waals surface area contributed by atoms with Crippen LogP contribution in [0.2, 0.25) is 0 Å². The molecule has 0 aromatic rings. The normalized spacial score (nSPS) is 16.8. The molecule has 0 bridgehead atoms. The smallest absolute Gasteiger partial charge is 0.325 e. The first-order chi connectivity index (χ1) is 21.2. The molecular formula is C38H74N3O2+. The number of unbranched alkanes of at least 4 members (excludes halogenated alkanes) is 23. The van der Waals surface area contributed by atoms with Crippen LogP contribution in [0.25, 0.3) is 0 Å². The Balaban J connectivity index is 2.10. The average molecular weight is 605 g/mol. The van der Waals surface area contributed by atoms with Crippen molar-refractivity contribution >= 4 is 11.8 Å². The van der Waals surface area contributed by atoms with Crippen molar-refractivity contribution in [2.45, 2.75) is 194 Å². The van der Waals surface area contributed by atoms with Crippen molar-refractivity contribution in [1.29, 1.82) is 0 Å². The van der Waals surface area contributed by atoms with Gasteiger partial charge in [0, 0.05) is 13.0 Å². The summed E-state index contributed by atoms with van der Waals surface area (Å²) in [7, 11) is 0. The second-order valence-corrected chi connectivity index (χ2v) is 13.2. The maximum atomic E-state index is 12.8. The lowest BCUT2D eigenvalue weighted by Crippen LogP contribution is -2.54. The predicted molar refractivity (Wildman–Crippen MR) is 187 cm³/mol. The van der Waals surface area contributed by atoms with Crippen molar-refractivity contribution in [3.8, 4) is 0 Å². The van der Waals surface area contributed by atoms with E-state index in [9.17, 15) is 4.79 Å². The zero-order valence-electron chi connectivity index (χ0n) is 29.1. The van der Waals surface area contributed by atoms with Gasteiger partial charge in [-0.1, -0.05) is 159 Å². The molecule has 43 heavy (non-hydrogen) atoms. The minimum Gasteiger partial charge on any atom is -0.325 e. The SMILES string of the molecule is CCCCCCCC/C=C\CCCCCCCC(=O)O[N+]1(CCN)CCN=C1CCCCCCCCCCCCCCC. The van der Waals surface area contributed by atoms with Crippen molar-refractivity contribution < 1.29 is 14.3 Å². The molecule has 5 nitrogen and oxygen atoms in total. The molecule has 1 unspecified atom stereocenters. The lowest BCUT2D eigenvalue weighted by Gasteiger charge is -2.30. The number of nitrogens with zero attached hydrogens (tertiary/aromatic N) is 2. The molecule has 0 fully saturated rings. The van der Waals surface area contributed by atoms with E-state index < -0.39 is 0 Å². The number of hydroxylamine groups is 3. The monoisotopic (exact) mass is 605 g/mol. The van der Waals surface area contributed by atoms with E-state index >= 15 is 0 Å². The molecule has 0 radical (unpaired) electrons. The van der Waals surface area contributed by atoms with Gasteiger partial charge in [0.25, 0.3) is 0 Å². The Kier molecular flexibility index (Phi) is 27.3. The Morgan fingerprint density at radius 3 is 1.60 bits per heavy atom. The lowest BCUT2D eigenvalue weighted by atomic mass is 10.0. The molecule has 1 rings (SSSR count). The van der Waals surface area contributed by atoms with Crippen molar-refractivity contribution in [3.05, 3.63) is 12.2 Å². The second-order valence-electron chi connectivity index (χ2n) is 13.2. The highest BCUT2D eigenvalue weighted by molar-refractivity contribution is 5.78. The first-order valence-corrected chi connectivity index (χ1v) is 19.2. The fraction of sp³-hybridized carbons (Fsp3) is 0.895.